The molecule has 0 radical (unpaired) electrons. The summed E-state index contributed by atoms with van der Waals surface area (Å²) in [5, 5.41) is 4.23. The van der Waals surface area contributed by atoms with Gasteiger partial charge in [-0.15, -0.1) is 11.3 Å². The molecule has 3 aromatic rings. The summed E-state index contributed by atoms with van der Waals surface area (Å²) in [7, 11) is 0. The molecular formula is C24H26N4O2S. The van der Waals surface area contributed by atoms with E-state index in [4.69, 9.17) is 4.74 Å². The minimum Gasteiger partial charge on any atom is -0.370 e. The van der Waals surface area contributed by atoms with Gasteiger partial charge in [0.2, 0.25) is 5.91 Å². The van der Waals surface area contributed by atoms with Crippen molar-refractivity contribution in [3.63, 3.8) is 0 Å². The lowest BCUT2D eigenvalue weighted by molar-refractivity contribution is -0.145. The van der Waals surface area contributed by atoms with E-state index >= 15 is 0 Å². The highest BCUT2D eigenvalue weighted by Gasteiger charge is 2.43. The van der Waals surface area contributed by atoms with Crippen molar-refractivity contribution >= 4 is 17.2 Å². The number of hydrogen-bond donors (Lipinski definition) is 0. The lowest BCUT2D eigenvalue weighted by Gasteiger charge is -2.44. The van der Waals surface area contributed by atoms with Crippen LogP contribution in [0.15, 0.2) is 42.7 Å². The standard InChI is InChI=1S/C24H26N4O2S/c29-23(18-6-10-28-22(14-18)25-16-26-28)27-11-8-24(9-12-27)19-15-21(17-4-2-1-3-5-17)31-20(19)7-13-30-24/h1-5,15-16,18H,6-14H2. The molecule has 31 heavy (non-hydrogen) atoms. The van der Waals surface area contributed by atoms with Gasteiger partial charge in [-0.05, 0) is 36.5 Å². The minimum absolute atomic E-state index is 0.0272. The average Bonchev–Trinajstić information content (AvgIpc) is 3.47. The van der Waals surface area contributed by atoms with Crippen LogP contribution >= 0.6 is 11.3 Å². The molecule has 0 saturated carbocycles. The zero-order chi connectivity index (χ0) is 20.8. The number of ether oxygens (including phenoxy) is 1. The highest BCUT2D eigenvalue weighted by atomic mass is 32.1. The molecule has 1 amide bonds. The molecule has 1 saturated heterocycles. The van der Waals surface area contributed by atoms with Gasteiger partial charge in [-0.2, -0.15) is 5.10 Å². The maximum Gasteiger partial charge on any atom is 0.226 e. The van der Waals surface area contributed by atoms with Crippen LogP contribution in [0.5, 0.6) is 0 Å². The van der Waals surface area contributed by atoms with Crippen LogP contribution in [0.2, 0.25) is 0 Å². The summed E-state index contributed by atoms with van der Waals surface area (Å²) in [6.07, 6.45) is 5.88. The fraction of sp³-hybridized carbons (Fsp3) is 0.458. The number of aryl methyl sites for hydroxylation is 1. The third kappa shape index (κ3) is 3.31. The second kappa shape index (κ2) is 7.57. The number of amides is 1. The number of thiophene rings is 1. The molecule has 0 aliphatic carbocycles. The van der Waals surface area contributed by atoms with Gasteiger partial charge in [0, 0.05) is 48.1 Å². The Labute approximate surface area is 185 Å². The summed E-state index contributed by atoms with van der Waals surface area (Å²) in [6.45, 7) is 3.08. The first-order chi connectivity index (χ1) is 15.2. The Hall–Kier alpha value is -2.51. The number of rotatable bonds is 2. The Morgan fingerprint density at radius 1 is 1.16 bits per heavy atom. The van der Waals surface area contributed by atoms with E-state index in [1.165, 1.54) is 20.9 Å². The summed E-state index contributed by atoms with van der Waals surface area (Å²) in [6, 6.07) is 13.0. The fourth-order valence-corrected chi connectivity index (χ4v) is 6.60. The zero-order valence-electron chi connectivity index (χ0n) is 17.5. The number of carbonyl (C=O) groups excluding carboxylic acids is 1. The molecule has 1 atom stereocenters. The summed E-state index contributed by atoms with van der Waals surface area (Å²) >= 11 is 1.90. The molecule has 0 N–H and O–H groups in total. The van der Waals surface area contributed by atoms with Crippen molar-refractivity contribution < 1.29 is 9.53 Å². The van der Waals surface area contributed by atoms with Crippen LogP contribution in [-0.4, -0.2) is 45.3 Å². The van der Waals surface area contributed by atoms with E-state index in [1.54, 1.807) is 6.33 Å². The van der Waals surface area contributed by atoms with Crippen LogP contribution in [0.4, 0.5) is 0 Å². The Bertz CT molecular complexity index is 1100. The van der Waals surface area contributed by atoms with Gasteiger partial charge in [-0.3, -0.25) is 9.48 Å². The normalized spacial score (nSPS) is 22.2. The van der Waals surface area contributed by atoms with Gasteiger partial charge in [0.25, 0.3) is 0 Å². The quantitative estimate of drug-likeness (QED) is 0.618. The molecule has 6 nitrogen and oxygen atoms in total. The SMILES string of the molecule is O=C(C1CCn2ncnc2C1)N1CCC2(CC1)OCCc1sc(-c3ccccc3)cc12. The van der Waals surface area contributed by atoms with Crippen molar-refractivity contribution in [1.29, 1.82) is 0 Å². The molecule has 1 unspecified atom stereocenters. The Morgan fingerprint density at radius 2 is 2.00 bits per heavy atom. The predicted molar refractivity (Wildman–Crippen MR) is 119 cm³/mol. The first kappa shape index (κ1) is 19.2. The van der Waals surface area contributed by atoms with Crippen molar-refractivity contribution in [2.24, 2.45) is 5.92 Å². The van der Waals surface area contributed by atoms with E-state index in [1.807, 2.05) is 16.0 Å². The summed E-state index contributed by atoms with van der Waals surface area (Å²) in [5.74, 6) is 1.24. The molecule has 6 rings (SSSR count). The van der Waals surface area contributed by atoms with Crippen LogP contribution < -0.4 is 0 Å². The lowest BCUT2D eigenvalue weighted by atomic mass is 9.81. The van der Waals surface area contributed by atoms with Crippen LogP contribution in [0.1, 0.15) is 35.5 Å². The van der Waals surface area contributed by atoms with E-state index in [9.17, 15) is 4.79 Å². The maximum absolute atomic E-state index is 13.2. The van der Waals surface area contributed by atoms with Gasteiger partial charge in [-0.25, -0.2) is 4.98 Å². The number of likely N-dealkylation sites (tertiary alicyclic amines) is 1. The summed E-state index contributed by atoms with van der Waals surface area (Å²) in [5.41, 5.74) is 2.40. The van der Waals surface area contributed by atoms with E-state index in [0.29, 0.717) is 6.42 Å². The van der Waals surface area contributed by atoms with Gasteiger partial charge >= 0.3 is 0 Å². The minimum atomic E-state index is -0.235. The number of hydrogen-bond acceptors (Lipinski definition) is 5. The van der Waals surface area contributed by atoms with Gasteiger partial charge in [0.1, 0.15) is 12.2 Å². The van der Waals surface area contributed by atoms with Crippen molar-refractivity contribution in [2.45, 2.75) is 44.2 Å². The molecular weight excluding hydrogens is 408 g/mol. The molecule has 1 fully saturated rings. The molecule has 160 valence electrons. The molecule has 2 aromatic heterocycles. The Kier molecular flexibility index (Phi) is 4.69. The third-order valence-corrected chi connectivity index (χ3v) is 8.36. The third-order valence-electron chi connectivity index (χ3n) is 7.11. The number of nitrogens with zero attached hydrogens (tertiary/aromatic N) is 4. The van der Waals surface area contributed by atoms with Crippen molar-refractivity contribution in [3.05, 3.63) is 59.0 Å². The smallest absolute Gasteiger partial charge is 0.226 e. The predicted octanol–water partition coefficient (Wildman–Crippen LogP) is 3.66. The largest absolute Gasteiger partial charge is 0.370 e. The van der Waals surface area contributed by atoms with Crippen LogP contribution in [0.25, 0.3) is 10.4 Å². The number of piperidine rings is 1. The Balaban J connectivity index is 1.19. The lowest BCUT2D eigenvalue weighted by Crippen LogP contribution is -2.50. The summed E-state index contributed by atoms with van der Waals surface area (Å²) < 4.78 is 8.36. The van der Waals surface area contributed by atoms with Gasteiger partial charge in [0.15, 0.2) is 0 Å². The van der Waals surface area contributed by atoms with Gasteiger partial charge < -0.3 is 9.64 Å². The first-order valence-electron chi connectivity index (χ1n) is 11.2. The molecule has 3 aliphatic heterocycles. The molecule has 1 spiro atoms. The van der Waals surface area contributed by atoms with E-state index in [-0.39, 0.29) is 17.4 Å². The maximum atomic E-state index is 13.2. The van der Waals surface area contributed by atoms with E-state index in [2.05, 4.69) is 51.4 Å². The molecule has 5 heterocycles. The van der Waals surface area contributed by atoms with Crippen LogP contribution in [-0.2, 0) is 34.5 Å². The number of fused-ring (bicyclic) bond motifs is 3. The topological polar surface area (TPSA) is 60.2 Å². The van der Waals surface area contributed by atoms with Crippen molar-refractivity contribution in [2.75, 3.05) is 19.7 Å². The number of benzene rings is 1. The molecule has 3 aliphatic rings. The fourth-order valence-electron chi connectivity index (χ4n) is 5.37. The van der Waals surface area contributed by atoms with Crippen molar-refractivity contribution in [3.8, 4) is 10.4 Å². The molecule has 0 bridgehead atoms. The van der Waals surface area contributed by atoms with Crippen LogP contribution in [0, 0.1) is 5.92 Å². The summed E-state index contributed by atoms with van der Waals surface area (Å²) in [4.78, 5) is 22.4. The molecule has 1 aromatic carbocycles. The van der Waals surface area contributed by atoms with E-state index in [0.717, 1.165) is 57.7 Å². The first-order valence-corrected chi connectivity index (χ1v) is 12.0. The monoisotopic (exact) mass is 434 g/mol. The Morgan fingerprint density at radius 3 is 2.84 bits per heavy atom. The highest BCUT2D eigenvalue weighted by Crippen LogP contribution is 2.46. The van der Waals surface area contributed by atoms with Gasteiger partial charge in [0.05, 0.1) is 12.2 Å². The van der Waals surface area contributed by atoms with E-state index < -0.39 is 0 Å². The second-order valence-corrected chi connectivity index (χ2v) is 9.96. The average molecular weight is 435 g/mol. The van der Waals surface area contributed by atoms with Crippen molar-refractivity contribution in [1.82, 2.24) is 19.7 Å². The number of aromatic nitrogens is 3. The highest BCUT2D eigenvalue weighted by molar-refractivity contribution is 7.15. The second-order valence-electron chi connectivity index (χ2n) is 8.82. The number of carbonyl (C=O) groups is 1. The zero-order valence-corrected chi connectivity index (χ0v) is 18.3. The molecule has 7 heteroatoms. The van der Waals surface area contributed by atoms with Gasteiger partial charge in [-0.1, -0.05) is 30.3 Å². The van der Waals surface area contributed by atoms with Crippen LogP contribution in [0.3, 0.4) is 0 Å².